The molecule has 6 nitrogen and oxygen atoms in total. The Morgan fingerprint density at radius 3 is 2.78 bits per heavy atom. The Kier molecular flexibility index (Phi) is 4.33. The number of nitrogens with zero attached hydrogens (tertiary/aromatic N) is 5. The lowest BCUT2D eigenvalue weighted by atomic mass is 10.3. The fraction of sp³-hybridized carbons (Fsp3) is 0.545. The molecule has 0 atom stereocenters. The number of rotatable bonds is 3. The number of ether oxygens (including phenoxy) is 1. The Hall–Kier alpha value is -1.39. The van der Waals surface area contributed by atoms with Crippen LogP contribution < -0.4 is 9.64 Å². The summed E-state index contributed by atoms with van der Waals surface area (Å²) in [5.41, 5.74) is 0. The summed E-state index contributed by atoms with van der Waals surface area (Å²) in [6, 6.07) is 2.17. The third kappa shape index (κ3) is 2.89. The third-order valence-corrected chi connectivity index (χ3v) is 3.39. The minimum absolute atomic E-state index is 0.484. The van der Waals surface area contributed by atoms with E-state index in [1.54, 1.807) is 13.3 Å². The van der Waals surface area contributed by atoms with Crippen LogP contribution in [0.3, 0.4) is 0 Å². The van der Waals surface area contributed by atoms with Crippen LogP contribution in [0.15, 0.2) is 10.7 Å². The van der Waals surface area contributed by atoms with Gasteiger partial charge in [-0.25, -0.2) is 4.98 Å². The van der Waals surface area contributed by atoms with Gasteiger partial charge in [0.15, 0.2) is 0 Å². The highest BCUT2D eigenvalue weighted by atomic mass is 79.9. The fourth-order valence-corrected chi connectivity index (χ4v) is 2.20. The van der Waals surface area contributed by atoms with Gasteiger partial charge in [0.2, 0.25) is 11.8 Å². The van der Waals surface area contributed by atoms with Gasteiger partial charge in [-0.15, -0.1) is 0 Å². The van der Waals surface area contributed by atoms with Gasteiger partial charge in [0.1, 0.15) is 0 Å². The van der Waals surface area contributed by atoms with E-state index in [4.69, 9.17) is 10.00 Å². The first-order chi connectivity index (χ1) is 8.74. The van der Waals surface area contributed by atoms with Gasteiger partial charge in [-0.05, 0) is 15.9 Å². The van der Waals surface area contributed by atoms with E-state index in [0.717, 1.165) is 30.7 Å². The van der Waals surface area contributed by atoms with Gasteiger partial charge in [-0.2, -0.15) is 10.2 Å². The van der Waals surface area contributed by atoms with E-state index >= 15 is 0 Å². The summed E-state index contributed by atoms with van der Waals surface area (Å²) < 4.78 is 5.91. The van der Waals surface area contributed by atoms with Crippen molar-refractivity contribution in [2.75, 3.05) is 44.7 Å². The van der Waals surface area contributed by atoms with Crippen LogP contribution in [0.5, 0.6) is 5.88 Å². The maximum atomic E-state index is 8.65. The lowest BCUT2D eigenvalue weighted by Gasteiger charge is -2.33. The normalized spacial score (nSPS) is 16.4. The molecule has 1 saturated heterocycles. The van der Waals surface area contributed by atoms with E-state index < -0.39 is 0 Å². The number of methoxy groups -OCH3 is 1. The molecule has 1 aromatic rings. The van der Waals surface area contributed by atoms with Crippen LogP contribution in [0, 0.1) is 11.3 Å². The maximum Gasteiger partial charge on any atom is 0.232 e. The van der Waals surface area contributed by atoms with E-state index in [1.165, 1.54) is 0 Å². The zero-order valence-electron chi connectivity index (χ0n) is 10.1. The van der Waals surface area contributed by atoms with Crippen molar-refractivity contribution < 1.29 is 4.74 Å². The highest BCUT2D eigenvalue weighted by molar-refractivity contribution is 9.10. The predicted molar refractivity (Wildman–Crippen MR) is 70.6 cm³/mol. The van der Waals surface area contributed by atoms with Gasteiger partial charge in [0.05, 0.1) is 30.4 Å². The molecule has 1 aliphatic rings. The maximum absolute atomic E-state index is 8.65. The molecule has 96 valence electrons. The molecule has 1 aromatic heterocycles. The zero-order chi connectivity index (χ0) is 13.0. The SMILES string of the molecule is COc1nc(N2CCN(CC#N)CC2)ncc1Br. The second-order valence-corrected chi connectivity index (χ2v) is 4.80. The van der Waals surface area contributed by atoms with Gasteiger partial charge >= 0.3 is 0 Å². The Morgan fingerprint density at radius 2 is 2.17 bits per heavy atom. The summed E-state index contributed by atoms with van der Waals surface area (Å²) in [6.45, 7) is 3.85. The number of nitriles is 1. The molecule has 0 radical (unpaired) electrons. The van der Waals surface area contributed by atoms with Crippen LogP contribution in [-0.2, 0) is 0 Å². The summed E-state index contributed by atoms with van der Waals surface area (Å²) in [5, 5.41) is 8.65. The molecule has 0 spiro atoms. The molecule has 0 unspecified atom stereocenters. The molecule has 0 N–H and O–H groups in total. The van der Waals surface area contributed by atoms with Crippen molar-refractivity contribution >= 4 is 21.9 Å². The van der Waals surface area contributed by atoms with Crippen molar-refractivity contribution in [1.82, 2.24) is 14.9 Å². The first-order valence-electron chi connectivity index (χ1n) is 5.65. The molecule has 0 aliphatic carbocycles. The monoisotopic (exact) mass is 311 g/mol. The summed E-state index contributed by atoms with van der Waals surface area (Å²) >= 11 is 3.33. The Balaban J connectivity index is 2.03. The number of aromatic nitrogens is 2. The summed E-state index contributed by atoms with van der Waals surface area (Å²) in [4.78, 5) is 12.9. The van der Waals surface area contributed by atoms with Crippen LogP contribution >= 0.6 is 15.9 Å². The number of hydrogen-bond acceptors (Lipinski definition) is 6. The van der Waals surface area contributed by atoms with Crippen LogP contribution in [0.25, 0.3) is 0 Å². The van der Waals surface area contributed by atoms with Gasteiger partial charge in [-0.3, -0.25) is 4.90 Å². The Labute approximate surface area is 114 Å². The zero-order valence-corrected chi connectivity index (χ0v) is 11.7. The Bertz CT molecular complexity index is 453. The topological polar surface area (TPSA) is 65.3 Å². The van der Waals surface area contributed by atoms with Crippen molar-refractivity contribution in [3.8, 4) is 11.9 Å². The molecule has 18 heavy (non-hydrogen) atoms. The van der Waals surface area contributed by atoms with Crippen LogP contribution in [-0.4, -0.2) is 54.7 Å². The molecule has 2 rings (SSSR count). The summed E-state index contributed by atoms with van der Waals surface area (Å²) in [6.07, 6.45) is 1.70. The van der Waals surface area contributed by atoms with E-state index in [0.29, 0.717) is 18.4 Å². The van der Waals surface area contributed by atoms with Gasteiger partial charge in [0.25, 0.3) is 0 Å². The van der Waals surface area contributed by atoms with Gasteiger partial charge in [-0.1, -0.05) is 0 Å². The standard InChI is InChI=1S/C11H14BrN5O/c1-18-10-9(12)8-14-11(15-10)17-6-4-16(3-2-13)5-7-17/h8H,3-7H2,1H3. The second-order valence-electron chi connectivity index (χ2n) is 3.95. The molecule has 1 fully saturated rings. The van der Waals surface area contributed by atoms with Crippen LogP contribution in [0.1, 0.15) is 0 Å². The van der Waals surface area contributed by atoms with Crippen molar-refractivity contribution in [1.29, 1.82) is 5.26 Å². The molecule has 0 saturated carbocycles. The Morgan fingerprint density at radius 1 is 1.44 bits per heavy atom. The first-order valence-corrected chi connectivity index (χ1v) is 6.44. The first kappa shape index (κ1) is 13.1. The number of halogens is 1. The van der Waals surface area contributed by atoms with Crippen molar-refractivity contribution in [3.63, 3.8) is 0 Å². The number of piperazine rings is 1. The highest BCUT2D eigenvalue weighted by Gasteiger charge is 2.19. The molecule has 2 heterocycles. The molecule has 0 amide bonds. The number of hydrogen-bond donors (Lipinski definition) is 0. The predicted octanol–water partition coefficient (Wildman–Crippen LogP) is 0.893. The molecule has 7 heteroatoms. The quantitative estimate of drug-likeness (QED) is 0.773. The average Bonchev–Trinajstić information content (AvgIpc) is 2.41. The lowest BCUT2D eigenvalue weighted by molar-refractivity contribution is 0.285. The third-order valence-electron chi connectivity index (χ3n) is 2.84. The summed E-state index contributed by atoms with van der Waals surface area (Å²) in [5.74, 6) is 1.21. The smallest absolute Gasteiger partial charge is 0.232 e. The molecule has 1 aliphatic heterocycles. The fourth-order valence-electron chi connectivity index (χ4n) is 1.84. The minimum Gasteiger partial charge on any atom is -0.480 e. The van der Waals surface area contributed by atoms with E-state index in [-0.39, 0.29) is 0 Å². The van der Waals surface area contributed by atoms with E-state index in [1.807, 2.05) is 0 Å². The van der Waals surface area contributed by atoms with E-state index in [9.17, 15) is 0 Å². The average molecular weight is 312 g/mol. The van der Waals surface area contributed by atoms with Gasteiger partial charge < -0.3 is 9.64 Å². The number of anilines is 1. The van der Waals surface area contributed by atoms with Gasteiger partial charge in [0, 0.05) is 26.2 Å². The second kappa shape index (κ2) is 5.98. The van der Waals surface area contributed by atoms with E-state index in [2.05, 4.69) is 41.8 Å². The van der Waals surface area contributed by atoms with Crippen molar-refractivity contribution in [3.05, 3.63) is 10.7 Å². The molecule has 0 bridgehead atoms. The largest absolute Gasteiger partial charge is 0.480 e. The lowest BCUT2D eigenvalue weighted by Crippen LogP contribution is -2.47. The highest BCUT2D eigenvalue weighted by Crippen LogP contribution is 2.23. The molecular weight excluding hydrogens is 298 g/mol. The van der Waals surface area contributed by atoms with Crippen molar-refractivity contribution in [2.24, 2.45) is 0 Å². The molecular formula is C11H14BrN5O. The van der Waals surface area contributed by atoms with Crippen molar-refractivity contribution in [2.45, 2.75) is 0 Å². The minimum atomic E-state index is 0.484. The molecule has 0 aromatic carbocycles. The van der Waals surface area contributed by atoms with Crippen LogP contribution in [0.2, 0.25) is 0 Å². The van der Waals surface area contributed by atoms with Crippen LogP contribution in [0.4, 0.5) is 5.95 Å². The summed E-state index contributed by atoms with van der Waals surface area (Å²) in [7, 11) is 1.59.